The van der Waals surface area contributed by atoms with Crippen molar-refractivity contribution in [1.29, 1.82) is 0 Å². The van der Waals surface area contributed by atoms with Crippen molar-refractivity contribution in [2.75, 3.05) is 6.61 Å². The summed E-state index contributed by atoms with van der Waals surface area (Å²) in [5, 5.41) is 2.42. The maximum Gasteiger partial charge on any atom is 0.303 e. The van der Waals surface area contributed by atoms with Crippen LogP contribution in [0.5, 0.6) is 0 Å². The Hall–Kier alpha value is -2.63. The summed E-state index contributed by atoms with van der Waals surface area (Å²) in [6.07, 6.45) is 3.83. The molecule has 0 aromatic heterocycles. The maximum absolute atomic E-state index is 11.5. The Balaban J connectivity index is 2.50. The molecule has 0 heterocycles. The smallest absolute Gasteiger partial charge is 0.303 e. The Morgan fingerprint density at radius 1 is 1.29 bits per heavy atom. The van der Waals surface area contributed by atoms with E-state index in [2.05, 4.69) is 10.1 Å². The van der Waals surface area contributed by atoms with Crippen LogP contribution in [0, 0.1) is 0 Å². The third-order valence-electron chi connectivity index (χ3n) is 2.57. The van der Waals surface area contributed by atoms with E-state index in [1.165, 1.54) is 6.92 Å². The Morgan fingerprint density at radius 2 is 1.95 bits per heavy atom. The Bertz CT molecular complexity index is 526. The van der Waals surface area contributed by atoms with Crippen molar-refractivity contribution >= 4 is 23.9 Å². The summed E-state index contributed by atoms with van der Waals surface area (Å²) >= 11 is 0. The predicted octanol–water partition coefficient (Wildman–Crippen LogP) is 0.623. The van der Waals surface area contributed by atoms with E-state index >= 15 is 0 Å². The van der Waals surface area contributed by atoms with Gasteiger partial charge >= 0.3 is 5.97 Å². The van der Waals surface area contributed by atoms with Gasteiger partial charge in [-0.2, -0.15) is 0 Å². The molecule has 0 aliphatic rings. The maximum atomic E-state index is 11.5. The summed E-state index contributed by atoms with van der Waals surface area (Å²) in [5.74, 6) is -1.78. The third kappa shape index (κ3) is 6.91. The summed E-state index contributed by atoms with van der Waals surface area (Å²) < 4.78 is 4.54. The zero-order valence-corrected chi connectivity index (χ0v) is 11.7. The number of amides is 2. The van der Waals surface area contributed by atoms with Crippen molar-refractivity contribution in [3.05, 3.63) is 42.0 Å². The fraction of sp³-hybridized carbons (Fsp3) is 0.267. The number of hydrogen-bond acceptors (Lipinski definition) is 4. The highest BCUT2D eigenvalue weighted by molar-refractivity contribution is 5.87. The lowest BCUT2D eigenvalue weighted by atomic mass is 10.1. The van der Waals surface area contributed by atoms with Crippen LogP contribution in [0.2, 0.25) is 0 Å². The van der Waals surface area contributed by atoms with E-state index < -0.39 is 30.4 Å². The molecule has 112 valence electrons. The standard InChI is InChI=1S/C15H18N2O4/c1-11(18)21-10-14(19)17-13(15(16)20)9-5-8-12-6-3-2-4-7-12/h2-8,13H,9-10H2,1H3,(H2,16,20)(H,17,19)/b8-5+/t13-/m0/s1. The van der Waals surface area contributed by atoms with Crippen LogP contribution in [-0.2, 0) is 19.1 Å². The van der Waals surface area contributed by atoms with Crippen LogP contribution < -0.4 is 11.1 Å². The molecule has 1 aromatic rings. The van der Waals surface area contributed by atoms with Crippen LogP contribution >= 0.6 is 0 Å². The van der Waals surface area contributed by atoms with Gasteiger partial charge in [0.1, 0.15) is 6.04 Å². The largest absolute Gasteiger partial charge is 0.456 e. The highest BCUT2D eigenvalue weighted by Gasteiger charge is 2.16. The number of rotatable bonds is 7. The number of ether oxygens (including phenoxy) is 1. The van der Waals surface area contributed by atoms with Crippen molar-refractivity contribution < 1.29 is 19.1 Å². The van der Waals surface area contributed by atoms with Gasteiger partial charge < -0.3 is 15.8 Å². The quantitative estimate of drug-likeness (QED) is 0.719. The van der Waals surface area contributed by atoms with Gasteiger partial charge in [0.25, 0.3) is 5.91 Å². The van der Waals surface area contributed by atoms with Gasteiger partial charge in [0.2, 0.25) is 5.91 Å². The molecule has 0 bridgehead atoms. The molecule has 0 radical (unpaired) electrons. The van der Waals surface area contributed by atoms with Gasteiger partial charge in [0.05, 0.1) is 0 Å². The second-order valence-corrected chi connectivity index (χ2v) is 4.35. The number of carbonyl (C=O) groups excluding carboxylic acids is 3. The molecule has 0 saturated carbocycles. The van der Waals surface area contributed by atoms with Crippen LogP contribution in [0.15, 0.2) is 36.4 Å². The molecule has 1 aromatic carbocycles. The average molecular weight is 290 g/mol. The number of carbonyl (C=O) groups is 3. The summed E-state index contributed by atoms with van der Waals surface area (Å²) in [6.45, 7) is 0.767. The van der Waals surface area contributed by atoms with Crippen LogP contribution in [0.4, 0.5) is 0 Å². The molecular weight excluding hydrogens is 272 g/mol. The second kappa shape index (κ2) is 8.52. The SMILES string of the molecule is CC(=O)OCC(=O)N[C@@H](C/C=C/c1ccccc1)C(N)=O. The topological polar surface area (TPSA) is 98.5 Å². The van der Waals surface area contributed by atoms with Crippen molar-refractivity contribution in [2.24, 2.45) is 5.73 Å². The highest BCUT2D eigenvalue weighted by atomic mass is 16.5. The molecule has 6 heteroatoms. The molecule has 0 fully saturated rings. The number of esters is 1. The monoisotopic (exact) mass is 290 g/mol. The van der Waals surface area contributed by atoms with Gasteiger partial charge in [0, 0.05) is 6.92 Å². The number of nitrogens with two attached hydrogens (primary N) is 1. The van der Waals surface area contributed by atoms with Crippen LogP contribution in [0.3, 0.4) is 0 Å². The van der Waals surface area contributed by atoms with Crippen LogP contribution in [-0.4, -0.2) is 30.4 Å². The van der Waals surface area contributed by atoms with Crippen LogP contribution in [0.1, 0.15) is 18.9 Å². The van der Waals surface area contributed by atoms with Crippen LogP contribution in [0.25, 0.3) is 6.08 Å². The van der Waals surface area contributed by atoms with E-state index in [0.29, 0.717) is 0 Å². The minimum Gasteiger partial charge on any atom is -0.456 e. The number of primary amides is 1. The fourth-order valence-electron chi connectivity index (χ4n) is 1.55. The van der Waals surface area contributed by atoms with Crippen molar-refractivity contribution in [3.63, 3.8) is 0 Å². The van der Waals surface area contributed by atoms with Crippen molar-refractivity contribution in [3.8, 4) is 0 Å². The van der Waals surface area contributed by atoms with E-state index in [9.17, 15) is 14.4 Å². The number of nitrogens with one attached hydrogen (secondary N) is 1. The zero-order valence-electron chi connectivity index (χ0n) is 11.7. The van der Waals surface area contributed by atoms with E-state index in [0.717, 1.165) is 5.56 Å². The summed E-state index contributed by atoms with van der Waals surface area (Å²) in [7, 11) is 0. The third-order valence-corrected chi connectivity index (χ3v) is 2.57. The highest BCUT2D eigenvalue weighted by Crippen LogP contribution is 2.03. The van der Waals surface area contributed by atoms with Crippen molar-refractivity contribution in [2.45, 2.75) is 19.4 Å². The predicted molar refractivity (Wildman–Crippen MR) is 77.9 cm³/mol. The summed E-state index contributed by atoms with van der Waals surface area (Å²) in [5.41, 5.74) is 6.20. The van der Waals surface area contributed by atoms with E-state index in [4.69, 9.17) is 5.73 Å². The number of hydrogen-bond donors (Lipinski definition) is 2. The zero-order chi connectivity index (χ0) is 15.7. The van der Waals surface area contributed by atoms with Crippen molar-refractivity contribution in [1.82, 2.24) is 5.32 Å². The minimum absolute atomic E-state index is 0.260. The normalized spacial score (nSPS) is 11.9. The molecule has 2 amide bonds. The van der Waals surface area contributed by atoms with Gasteiger partial charge in [0.15, 0.2) is 6.61 Å². The Kier molecular flexibility index (Phi) is 6.67. The van der Waals surface area contributed by atoms with Gasteiger partial charge in [-0.25, -0.2) is 0 Å². The molecule has 1 atom stereocenters. The van der Waals surface area contributed by atoms with E-state index in [1.54, 1.807) is 6.08 Å². The average Bonchev–Trinajstić information content (AvgIpc) is 2.45. The minimum atomic E-state index is -0.840. The molecule has 6 nitrogen and oxygen atoms in total. The molecule has 0 unspecified atom stereocenters. The Morgan fingerprint density at radius 3 is 2.52 bits per heavy atom. The molecule has 3 N–H and O–H groups in total. The van der Waals surface area contributed by atoms with E-state index in [-0.39, 0.29) is 6.42 Å². The number of benzene rings is 1. The molecule has 21 heavy (non-hydrogen) atoms. The molecule has 0 saturated heterocycles. The second-order valence-electron chi connectivity index (χ2n) is 4.35. The fourth-order valence-corrected chi connectivity index (χ4v) is 1.55. The molecule has 0 aliphatic carbocycles. The van der Waals surface area contributed by atoms with Gasteiger partial charge in [-0.1, -0.05) is 42.5 Å². The van der Waals surface area contributed by atoms with Gasteiger partial charge in [-0.05, 0) is 12.0 Å². The molecule has 1 rings (SSSR count). The van der Waals surface area contributed by atoms with Gasteiger partial charge in [-0.15, -0.1) is 0 Å². The molecule has 0 aliphatic heterocycles. The lowest BCUT2D eigenvalue weighted by Crippen LogP contribution is -2.45. The molecule has 0 spiro atoms. The Labute approximate surface area is 123 Å². The first kappa shape index (κ1) is 16.4. The summed E-state index contributed by atoms with van der Waals surface area (Å²) in [4.78, 5) is 33.3. The van der Waals surface area contributed by atoms with E-state index in [1.807, 2.05) is 36.4 Å². The first-order valence-corrected chi connectivity index (χ1v) is 6.42. The first-order valence-electron chi connectivity index (χ1n) is 6.42. The lowest BCUT2D eigenvalue weighted by Gasteiger charge is -2.13. The first-order chi connectivity index (χ1) is 9.99. The molecular formula is C15H18N2O4. The lowest BCUT2D eigenvalue weighted by molar-refractivity contribution is -0.146. The summed E-state index contributed by atoms with van der Waals surface area (Å²) in [6, 6.07) is 8.68. The van der Waals surface area contributed by atoms with Gasteiger partial charge in [-0.3, -0.25) is 14.4 Å².